The van der Waals surface area contributed by atoms with E-state index in [0.29, 0.717) is 44.8 Å². The molecule has 0 atom stereocenters. The number of piperazine rings is 1. The topological polar surface area (TPSA) is 49.9 Å². The largest absolute Gasteiger partial charge is 0.493 e. The summed E-state index contributed by atoms with van der Waals surface area (Å²) < 4.78 is 18.8. The van der Waals surface area contributed by atoms with Crippen LogP contribution in [0.2, 0.25) is 0 Å². The minimum atomic E-state index is -0.339. The van der Waals surface area contributed by atoms with Crippen molar-refractivity contribution < 1.29 is 18.7 Å². The van der Waals surface area contributed by atoms with Gasteiger partial charge in [0.2, 0.25) is 11.8 Å². The maximum absolute atomic E-state index is 13.2. The highest BCUT2D eigenvalue weighted by Gasteiger charge is 2.24. The van der Waals surface area contributed by atoms with Crippen LogP contribution < -0.4 is 4.74 Å². The predicted octanol–water partition coefficient (Wildman–Crippen LogP) is 2.51. The summed E-state index contributed by atoms with van der Waals surface area (Å²) in [6.45, 7) is 2.36. The average molecular weight is 370 g/mol. The molecule has 0 bridgehead atoms. The first kappa shape index (κ1) is 18.9. The van der Waals surface area contributed by atoms with Crippen molar-refractivity contribution in [1.82, 2.24) is 9.80 Å². The lowest BCUT2D eigenvalue weighted by molar-refractivity contribution is -0.139. The molecule has 0 N–H and O–H groups in total. The van der Waals surface area contributed by atoms with Crippen LogP contribution >= 0.6 is 0 Å². The number of carbonyl (C=O) groups excluding carboxylic acids is 2. The monoisotopic (exact) mass is 370 g/mol. The summed E-state index contributed by atoms with van der Waals surface area (Å²) in [5.41, 5.74) is 0.663. The summed E-state index contributed by atoms with van der Waals surface area (Å²) in [6.07, 6.45) is 0.489. The van der Waals surface area contributed by atoms with Crippen LogP contribution in [0.25, 0.3) is 0 Å². The Labute approximate surface area is 158 Å². The third kappa shape index (κ3) is 5.54. The van der Waals surface area contributed by atoms with Crippen molar-refractivity contribution in [3.8, 4) is 5.75 Å². The van der Waals surface area contributed by atoms with E-state index < -0.39 is 0 Å². The van der Waals surface area contributed by atoms with Crippen molar-refractivity contribution in [1.29, 1.82) is 0 Å². The van der Waals surface area contributed by atoms with E-state index in [4.69, 9.17) is 4.74 Å². The van der Waals surface area contributed by atoms with Gasteiger partial charge < -0.3 is 14.5 Å². The number of carbonyl (C=O) groups is 2. The lowest BCUT2D eigenvalue weighted by Gasteiger charge is -2.35. The van der Waals surface area contributed by atoms with Crippen LogP contribution in [0.4, 0.5) is 4.39 Å². The molecular formula is C21H23FN2O3. The molecule has 0 aromatic heterocycles. The molecule has 2 amide bonds. The van der Waals surface area contributed by atoms with E-state index in [-0.39, 0.29) is 24.1 Å². The number of amides is 2. The van der Waals surface area contributed by atoms with Gasteiger partial charge in [0.25, 0.3) is 0 Å². The highest BCUT2D eigenvalue weighted by Crippen LogP contribution is 2.11. The lowest BCUT2D eigenvalue weighted by Crippen LogP contribution is -2.51. The third-order valence-corrected chi connectivity index (χ3v) is 4.56. The fraction of sp³-hybridized carbons (Fsp3) is 0.333. The van der Waals surface area contributed by atoms with Gasteiger partial charge >= 0.3 is 0 Å². The van der Waals surface area contributed by atoms with Gasteiger partial charge in [-0.1, -0.05) is 30.3 Å². The number of halogens is 1. The Morgan fingerprint density at radius 1 is 0.889 bits per heavy atom. The van der Waals surface area contributed by atoms with Crippen LogP contribution in [0.3, 0.4) is 0 Å². The first-order chi connectivity index (χ1) is 13.1. The summed E-state index contributed by atoms with van der Waals surface area (Å²) in [5.74, 6) is 0.398. The van der Waals surface area contributed by atoms with Crippen molar-refractivity contribution >= 4 is 11.8 Å². The first-order valence-electron chi connectivity index (χ1n) is 9.09. The molecule has 0 spiro atoms. The normalized spacial score (nSPS) is 14.1. The molecule has 1 aliphatic rings. The Bertz CT molecular complexity index is 774. The number of hydrogen-bond acceptors (Lipinski definition) is 3. The molecule has 142 valence electrons. The lowest BCUT2D eigenvalue weighted by atomic mass is 10.1. The zero-order chi connectivity index (χ0) is 19.1. The summed E-state index contributed by atoms with van der Waals surface area (Å²) in [7, 11) is 0. The van der Waals surface area contributed by atoms with E-state index in [1.807, 2.05) is 30.3 Å². The Balaban J connectivity index is 1.40. The fourth-order valence-electron chi connectivity index (χ4n) is 3.07. The Kier molecular flexibility index (Phi) is 6.41. The van der Waals surface area contributed by atoms with Gasteiger partial charge in [0, 0.05) is 26.2 Å². The van der Waals surface area contributed by atoms with E-state index in [0.717, 1.165) is 5.75 Å². The van der Waals surface area contributed by atoms with Gasteiger partial charge in [0.05, 0.1) is 19.4 Å². The number of para-hydroxylation sites is 1. The van der Waals surface area contributed by atoms with Crippen molar-refractivity contribution in [3.05, 3.63) is 66.0 Å². The molecule has 2 aromatic carbocycles. The third-order valence-electron chi connectivity index (χ3n) is 4.56. The zero-order valence-electron chi connectivity index (χ0n) is 15.1. The molecule has 2 aromatic rings. The smallest absolute Gasteiger partial charge is 0.227 e. The number of rotatable bonds is 6. The standard InChI is InChI=1S/C21H23FN2O3/c22-18-6-4-5-17(15-18)16-21(26)24-12-10-23(11-13-24)20(25)9-14-27-19-7-2-1-3-8-19/h1-8,15H,9-14,16H2. The van der Waals surface area contributed by atoms with Gasteiger partial charge in [-0.2, -0.15) is 0 Å². The Hall–Kier alpha value is -2.89. The molecule has 3 rings (SSSR count). The molecule has 1 aliphatic heterocycles. The van der Waals surface area contributed by atoms with Crippen molar-refractivity contribution in [2.75, 3.05) is 32.8 Å². The summed E-state index contributed by atoms with van der Waals surface area (Å²) in [6, 6.07) is 15.5. The minimum Gasteiger partial charge on any atom is -0.493 e. The number of hydrogen-bond donors (Lipinski definition) is 0. The van der Waals surface area contributed by atoms with Crippen molar-refractivity contribution in [2.24, 2.45) is 0 Å². The van der Waals surface area contributed by atoms with E-state index in [1.54, 1.807) is 21.9 Å². The summed E-state index contributed by atoms with van der Waals surface area (Å²) in [4.78, 5) is 28.2. The molecule has 27 heavy (non-hydrogen) atoms. The molecule has 1 heterocycles. The number of nitrogens with zero attached hydrogens (tertiary/aromatic N) is 2. The molecule has 0 radical (unpaired) electrons. The molecule has 1 fully saturated rings. The molecule has 5 nitrogen and oxygen atoms in total. The van der Waals surface area contributed by atoms with Gasteiger partial charge in [-0.25, -0.2) is 4.39 Å². The Morgan fingerprint density at radius 2 is 1.56 bits per heavy atom. The fourth-order valence-corrected chi connectivity index (χ4v) is 3.07. The zero-order valence-corrected chi connectivity index (χ0v) is 15.1. The SMILES string of the molecule is O=C(CCOc1ccccc1)N1CCN(C(=O)Cc2cccc(F)c2)CC1. The van der Waals surface area contributed by atoms with Crippen LogP contribution in [0.15, 0.2) is 54.6 Å². The van der Waals surface area contributed by atoms with Gasteiger partial charge in [-0.05, 0) is 29.8 Å². The highest BCUT2D eigenvalue weighted by atomic mass is 19.1. The molecule has 1 saturated heterocycles. The van der Waals surface area contributed by atoms with E-state index in [2.05, 4.69) is 0 Å². The molecule has 6 heteroatoms. The van der Waals surface area contributed by atoms with Crippen molar-refractivity contribution in [2.45, 2.75) is 12.8 Å². The minimum absolute atomic E-state index is 0.0307. The highest BCUT2D eigenvalue weighted by molar-refractivity contribution is 5.80. The first-order valence-corrected chi connectivity index (χ1v) is 9.09. The van der Waals surface area contributed by atoms with E-state index in [9.17, 15) is 14.0 Å². The van der Waals surface area contributed by atoms with Crippen molar-refractivity contribution in [3.63, 3.8) is 0 Å². The average Bonchev–Trinajstić information content (AvgIpc) is 2.69. The summed E-state index contributed by atoms with van der Waals surface area (Å²) >= 11 is 0. The van der Waals surface area contributed by atoms with Gasteiger partial charge in [-0.3, -0.25) is 9.59 Å². The molecular weight excluding hydrogens is 347 g/mol. The van der Waals surface area contributed by atoms with Crippen LogP contribution in [0, 0.1) is 5.82 Å². The van der Waals surface area contributed by atoms with Crippen LogP contribution in [0.5, 0.6) is 5.75 Å². The van der Waals surface area contributed by atoms with Gasteiger partial charge in [0.1, 0.15) is 11.6 Å². The Morgan fingerprint density at radius 3 is 2.22 bits per heavy atom. The second-order valence-electron chi connectivity index (χ2n) is 6.48. The predicted molar refractivity (Wildman–Crippen MR) is 99.8 cm³/mol. The van der Waals surface area contributed by atoms with Gasteiger partial charge in [-0.15, -0.1) is 0 Å². The van der Waals surface area contributed by atoms with E-state index in [1.165, 1.54) is 12.1 Å². The number of benzene rings is 2. The maximum Gasteiger partial charge on any atom is 0.227 e. The molecule has 0 unspecified atom stereocenters. The maximum atomic E-state index is 13.2. The van der Waals surface area contributed by atoms with Crippen LogP contribution in [-0.2, 0) is 16.0 Å². The van der Waals surface area contributed by atoms with Gasteiger partial charge in [0.15, 0.2) is 0 Å². The summed E-state index contributed by atoms with van der Waals surface area (Å²) in [5, 5.41) is 0. The quantitative estimate of drug-likeness (QED) is 0.785. The van der Waals surface area contributed by atoms with Crippen LogP contribution in [0.1, 0.15) is 12.0 Å². The van der Waals surface area contributed by atoms with Crippen LogP contribution in [-0.4, -0.2) is 54.4 Å². The molecule has 0 aliphatic carbocycles. The van der Waals surface area contributed by atoms with E-state index >= 15 is 0 Å². The molecule has 0 saturated carbocycles. The second kappa shape index (κ2) is 9.16. The number of ether oxygens (including phenoxy) is 1. The second-order valence-corrected chi connectivity index (χ2v) is 6.48.